The van der Waals surface area contributed by atoms with E-state index >= 15 is 0 Å². The van der Waals surface area contributed by atoms with Crippen molar-refractivity contribution >= 4 is 60.2 Å². The van der Waals surface area contributed by atoms with Crippen molar-refractivity contribution in [2.24, 2.45) is 0 Å². The molecule has 0 unspecified atom stereocenters. The second-order valence-electron chi connectivity index (χ2n) is 7.45. The average molecular weight is 549 g/mol. The van der Waals surface area contributed by atoms with Crippen LogP contribution in [0.3, 0.4) is 0 Å². The molecule has 0 bridgehead atoms. The maximum atomic E-state index is 11.9. The maximum Gasteiger partial charge on any atom is 0.355 e. The van der Waals surface area contributed by atoms with Crippen LogP contribution in [-0.4, -0.2) is 41.7 Å². The van der Waals surface area contributed by atoms with E-state index in [4.69, 9.17) is 5.41 Å². The van der Waals surface area contributed by atoms with Gasteiger partial charge in [-0.15, -0.1) is 10.2 Å². The number of benzene rings is 2. The molecule has 0 atom stereocenters. The summed E-state index contributed by atoms with van der Waals surface area (Å²) in [4.78, 5) is 11.6. The molecule has 0 aliphatic carbocycles. The number of nitrogens with zero attached hydrogens (tertiary/aromatic N) is 2. The first-order valence-electron chi connectivity index (χ1n) is 9.71. The van der Waals surface area contributed by atoms with Gasteiger partial charge in [-0.3, -0.25) is 5.41 Å². The van der Waals surface area contributed by atoms with Crippen LogP contribution < -0.4 is 5.32 Å². The minimum absolute atomic E-state index is 0.0149. The van der Waals surface area contributed by atoms with Crippen LogP contribution in [0.4, 0.5) is 5.69 Å². The summed E-state index contributed by atoms with van der Waals surface area (Å²) in [6.45, 7) is 4.08. The number of aliphatic carboxylic acids is 1. The summed E-state index contributed by atoms with van der Waals surface area (Å²) in [5.41, 5.74) is 1.94. The van der Waals surface area contributed by atoms with Gasteiger partial charge in [-0.2, -0.15) is 0 Å². The first-order valence-corrected chi connectivity index (χ1v) is 13.2. The van der Waals surface area contributed by atoms with Crippen LogP contribution in [0.1, 0.15) is 30.3 Å². The second-order valence-corrected chi connectivity index (χ2v) is 11.2. The highest BCUT2D eigenvalue weighted by molar-refractivity contribution is 9.12. The van der Waals surface area contributed by atoms with Crippen molar-refractivity contribution in [3.05, 3.63) is 63.6 Å². The predicted molar refractivity (Wildman–Crippen MR) is 134 cm³/mol. The number of aromatic nitrogens is 2. The number of carboxylic acids is 1. The zero-order valence-corrected chi connectivity index (χ0v) is 21.2. The molecule has 0 radical (unpaired) electrons. The number of rotatable bonds is 8. The Kier molecular flexibility index (Phi) is 7.45. The smallest absolute Gasteiger partial charge is 0.355 e. The highest BCUT2D eigenvalue weighted by Crippen LogP contribution is 2.34. The van der Waals surface area contributed by atoms with Gasteiger partial charge in [-0.05, 0) is 45.6 Å². The van der Waals surface area contributed by atoms with E-state index in [1.54, 1.807) is 12.1 Å². The molecule has 8 nitrogen and oxygen atoms in total. The van der Waals surface area contributed by atoms with Crippen LogP contribution in [0.2, 0.25) is 0 Å². The Hall–Kier alpha value is -2.89. The van der Waals surface area contributed by atoms with Gasteiger partial charge in [0.2, 0.25) is 0 Å². The summed E-state index contributed by atoms with van der Waals surface area (Å²) < 4.78 is 23.8. The largest absolute Gasteiger partial charge is 0.476 e. The quantitative estimate of drug-likeness (QED) is 0.337. The van der Waals surface area contributed by atoms with Crippen molar-refractivity contribution < 1.29 is 18.3 Å². The van der Waals surface area contributed by atoms with Gasteiger partial charge >= 0.3 is 5.97 Å². The number of nitrogens with one attached hydrogen (secondary N) is 2. The van der Waals surface area contributed by atoms with E-state index in [0.717, 1.165) is 28.8 Å². The van der Waals surface area contributed by atoms with Crippen molar-refractivity contribution in [2.75, 3.05) is 11.6 Å². The average Bonchev–Trinajstić information content (AvgIpc) is 3.26. The Morgan fingerprint density at radius 3 is 2.48 bits per heavy atom. The molecule has 1 aromatic heterocycles. The molecule has 1 heterocycles. The van der Waals surface area contributed by atoms with Gasteiger partial charge in [0.05, 0.1) is 15.1 Å². The van der Waals surface area contributed by atoms with E-state index in [-0.39, 0.29) is 21.0 Å². The van der Waals surface area contributed by atoms with Gasteiger partial charge in [0, 0.05) is 17.5 Å². The first-order chi connectivity index (χ1) is 15.5. The van der Waals surface area contributed by atoms with E-state index in [2.05, 4.69) is 31.4 Å². The summed E-state index contributed by atoms with van der Waals surface area (Å²) in [6.07, 6.45) is 1.13. The lowest BCUT2D eigenvalue weighted by Crippen LogP contribution is -2.15. The molecule has 2 aromatic carbocycles. The molecule has 3 aromatic rings. The van der Waals surface area contributed by atoms with Gasteiger partial charge in [-0.25, -0.2) is 13.2 Å². The van der Waals surface area contributed by atoms with Crippen molar-refractivity contribution in [2.45, 2.75) is 24.7 Å². The zero-order chi connectivity index (χ0) is 24.3. The first kappa shape index (κ1) is 24.7. The molecule has 0 fully saturated rings. The highest BCUT2D eigenvalue weighted by atomic mass is 79.9. The molecular weight excluding hydrogens is 528 g/mol. The van der Waals surface area contributed by atoms with Crippen LogP contribution in [0, 0.1) is 5.41 Å². The third kappa shape index (κ3) is 5.73. The van der Waals surface area contributed by atoms with Gasteiger partial charge in [-0.1, -0.05) is 55.5 Å². The molecule has 3 N–H and O–H groups in total. The monoisotopic (exact) mass is 548 g/mol. The Morgan fingerprint density at radius 2 is 1.85 bits per heavy atom. The summed E-state index contributed by atoms with van der Waals surface area (Å²) >= 11 is 4.39. The molecule has 0 aliphatic rings. The minimum atomic E-state index is -3.40. The van der Waals surface area contributed by atoms with Gasteiger partial charge in [0.15, 0.2) is 20.6 Å². The molecule has 0 saturated carbocycles. The lowest BCUT2D eigenvalue weighted by atomic mass is 10.0. The summed E-state index contributed by atoms with van der Waals surface area (Å²) in [7, 11) is -3.40. The Labute approximate surface area is 204 Å². The summed E-state index contributed by atoms with van der Waals surface area (Å²) in [5.74, 6) is -1.21. The van der Waals surface area contributed by atoms with Gasteiger partial charge in [0.25, 0.3) is 0 Å². The van der Waals surface area contributed by atoms with E-state index in [1.165, 1.54) is 12.1 Å². The molecule has 33 heavy (non-hydrogen) atoms. The molecule has 11 heteroatoms. The topological polar surface area (TPSA) is 133 Å². The predicted octanol–water partition coefficient (Wildman–Crippen LogP) is 5.01. The van der Waals surface area contributed by atoms with E-state index in [0.29, 0.717) is 15.6 Å². The van der Waals surface area contributed by atoms with Crippen LogP contribution in [0.5, 0.6) is 0 Å². The molecule has 0 saturated heterocycles. The lowest BCUT2D eigenvalue weighted by Gasteiger charge is -2.16. The standard InChI is InChI=1S/C22H21BrN4O4S2/c1-12(2)15-9-4-5-10-16(15)25-19(17(23)18(24)22(28)29)21-27-26-20(32-21)13-7-6-8-14(11-13)33(3,30)31/h4-12,24-25H,1-3H3,(H,28,29)/b19-17+,24-18?. The minimum Gasteiger partial charge on any atom is -0.476 e. The number of carboxylic acid groups (broad SMARTS) is 1. The number of sulfone groups is 1. The third-order valence-corrected chi connectivity index (χ3v) is 7.54. The number of para-hydroxylation sites is 1. The Morgan fingerprint density at radius 1 is 1.15 bits per heavy atom. The molecule has 0 aliphatic heterocycles. The van der Waals surface area contributed by atoms with Crippen molar-refractivity contribution in [3.8, 4) is 10.6 Å². The fourth-order valence-electron chi connectivity index (χ4n) is 2.97. The van der Waals surface area contributed by atoms with Crippen LogP contribution in [0.25, 0.3) is 16.3 Å². The highest BCUT2D eigenvalue weighted by Gasteiger charge is 2.22. The number of hydrogen-bond donors (Lipinski definition) is 3. The SMILES string of the molecule is CC(C)c1ccccc1N/C(=C(/Br)C(=N)C(=O)O)c1nnc(-c2cccc(S(C)(=O)=O)c2)s1. The van der Waals surface area contributed by atoms with Gasteiger partial charge < -0.3 is 10.4 Å². The van der Waals surface area contributed by atoms with Crippen molar-refractivity contribution in [1.82, 2.24) is 10.2 Å². The molecule has 3 rings (SSSR count). The lowest BCUT2D eigenvalue weighted by molar-refractivity contribution is -0.129. The molecule has 0 spiro atoms. The van der Waals surface area contributed by atoms with E-state index < -0.39 is 21.5 Å². The number of anilines is 1. The van der Waals surface area contributed by atoms with E-state index in [1.807, 2.05) is 38.1 Å². The van der Waals surface area contributed by atoms with Crippen LogP contribution >= 0.6 is 27.3 Å². The molecule has 0 amide bonds. The Bertz CT molecular complexity index is 1360. The van der Waals surface area contributed by atoms with Crippen LogP contribution in [0.15, 0.2) is 57.9 Å². The number of hydrogen-bond acceptors (Lipinski definition) is 8. The van der Waals surface area contributed by atoms with Crippen LogP contribution in [-0.2, 0) is 14.6 Å². The molecule has 172 valence electrons. The molecular formula is C22H21BrN4O4S2. The summed E-state index contributed by atoms with van der Waals surface area (Å²) in [6, 6.07) is 13.9. The fraction of sp³-hybridized carbons (Fsp3) is 0.182. The number of halogens is 1. The Balaban J connectivity index is 2.11. The van der Waals surface area contributed by atoms with Gasteiger partial charge in [0.1, 0.15) is 5.01 Å². The van der Waals surface area contributed by atoms with Crippen molar-refractivity contribution in [3.63, 3.8) is 0 Å². The fourth-order valence-corrected chi connectivity index (χ4v) is 5.07. The van der Waals surface area contributed by atoms with Crippen molar-refractivity contribution in [1.29, 1.82) is 5.41 Å². The second kappa shape index (κ2) is 9.94. The number of carbonyl (C=O) groups is 1. The maximum absolute atomic E-state index is 11.9. The third-order valence-electron chi connectivity index (χ3n) is 4.64. The normalized spacial score (nSPS) is 12.4. The summed E-state index contributed by atoms with van der Waals surface area (Å²) in [5, 5.41) is 29.7. The van der Waals surface area contributed by atoms with E-state index in [9.17, 15) is 18.3 Å². The zero-order valence-electron chi connectivity index (χ0n) is 18.0.